The van der Waals surface area contributed by atoms with E-state index in [1.54, 1.807) is 23.5 Å². The fraction of sp³-hybridized carbons (Fsp3) is 0.231. The van der Waals surface area contributed by atoms with Crippen LogP contribution in [0.2, 0.25) is 0 Å². The molecule has 0 aliphatic rings. The predicted molar refractivity (Wildman–Crippen MR) is 69.4 cm³/mol. The zero-order chi connectivity index (χ0) is 13.1. The molecule has 3 aromatic rings. The first-order chi connectivity index (χ1) is 9.29. The molecule has 0 N–H and O–H groups in total. The van der Waals surface area contributed by atoms with Crippen molar-refractivity contribution in [3.63, 3.8) is 0 Å². The molecule has 0 saturated carbocycles. The van der Waals surface area contributed by atoms with Gasteiger partial charge in [0.1, 0.15) is 12.7 Å². The number of rotatable bonds is 4. The van der Waals surface area contributed by atoms with Gasteiger partial charge in [-0.05, 0) is 24.6 Å². The summed E-state index contributed by atoms with van der Waals surface area (Å²) in [6.45, 7) is 3.44. The maximum absolute atomic E-state index is 4.65. The van der Waals surface area contributed by atoms with Gasteiger partial charge in [-0.3, -0.25) is 4.98 Å². The molecule has 0 aliphatic heterocycles. The van der Waals surface area contributed by atoms with E-state index in [1.165, 1.54) is 11.9 Å². The van der Waals surface area contributed by atoms with Crippen LogP contribution in [0.15, 0.2) is 43.5 Å². The molecule has 6 heteroatoms. The van der Waals surface area contributed by atoms with Crippen LogP contribution in [-0.4, -0.2) is 29.3 Å². The molecule has 3 heterocycles. The molecule has 0 aliphatic carbocycles. The average molecular weight is 254 g/mol. The molecular weight excluding hydrogens is 240 g/mol. The Morgan fingerprint density at radius 3 is 2.58 bits per heavy atom. The maximum Gasteiger partial charge on any atom is 0.137 e. The lowest BCUT2D eigenvalue weighted by Crippen LogP contribution is -2.06. The Labute approximate surface area is 110 Å². The first kappa shape index (κ1) is 11.6. The Morgan fingerprint density at radius 2 is 1.89 bits per heavy atom. The molecule has 96 valence electrons. The second-order valence-electron chi connectivity index (χ2n) is 4.46. The third-order valence-electron chi connectivity index (χ3n) is 2.77. The van der Waals surface area contributed by atoms with Crippen molar-refractivity contribution in [2.24, 2.45) is 0 Å². The van der Waals surface area contributed by atoms with Crippen LogP contribution in [0.25, 0.3) is 0 Å². The second kappa shape index (κ2) is 5.01. The van der Waals surface area contributed by atoms with Crippen LogP contribution >= 0.6 is 0 Å². The largest absolute Gasteiger partial charge is 0.331 e. The Bertz CT molecular complexity index is 587. The van der Waals surface area contributed by atoms with E-state index in [0.717, 1.165) is 17.9 Å². The van der Waals surface area contributed by atoms with Crippen LogP contribution in [0.1, 0.15) is 17.0 Å². The molecule has 6 nitrogen and oxygen atoms in total. The van der Waals surface area contributed by atoms with E-state index in [-0.39, 0.29) is 0 Å². The van der Waals surface area contributed by atoms with Gasteiger partial charge in [0.2, 0.25) is 0 Å². The molecule has 19 heavy (non-hydrogen) atoms. The highest BCUT2D eigenvalue weighted by Crippen LogP contribution is 2.08. The number of pyridine rings is 1. The van der Waals surface area contributed by atoms with E-state index < -0.39 is 0 Å². The summed E-state index contributed by atoms with van der Waals surface area (Å²) < 4.78 is 3.77. The quantitative estimate of drug-likeness (QED) is 0.703. The van der Waals surface area contributed by atoms with Crippen molar-refractivity contribution in [2.75, 3.05) is 0 Å². The molecule has 0 saturated heterocycles. The number of aromatic nitrogens is 6. The fourth-order valence-electron chi connectivity index (χ4n) is 2.03. The van der Waals surface area contributed by atoms with Crippen LogP contribution in [0.5, 0.6) is 0 Å². The van der Waals surface area contributed by atoms with Crippen LogP contribution < -0.4 is 0 Å². The minimum atomic E-state index is 0.638. The Morgan fingerprint density at radius 1 is 1.05 bits per heavy atom. The SMILES string of the molecule is Cc1cc(Cn2ccnc2)nc(Cn2cncn2)c1. The maximum atomic E-state index is 4.65. The molecule has 0 aromatic carbocycles. The van der Waals surface area contributed by atoms with Crippen molar-refractivity contribution in [1.29, 1.82) is 0 Å². The van der Waals surface area contributed by atoms with E-state index in [4.69, 9.17) is 0 Å². The van der Waals surface area contributed by atoms with Gasteiger partial charge in [-0.25, -0.2) is 14.6 Å². The molecule has 0 atom stereocenters. The first-order valence-electron chi connectivity index (χ1n) is 6.04. The molecule has 3 rings (SSSR count). The van der Waals surface area contributed by atoms with Crippen molar-refractivity contribution < 1.29 is 0 Å². The summed E-state index contributed by atoms with van der Waals surface area (Å²) in [6, 6.07) is 4.16. The molecule has 0 unspecified atom stereocenters. The second-order valence-corrected chi connectivity index (χ2v) is 4.46. The molecule has 0 fully saturated rings. The van der Waals surface area contributed by atoms with Crippen molar-refractivity contribution in [3.8, 4) is 0 Å². The van der Waals surface area contributed by atoms with E-state index in [9.17, 15) is 0 Å². The monoisotopic (exact) mass is 254 g/mol. The zero-order valence-corrected chi connectivity index (χ0v) is 10.6. The van der Waals surface area contributed by atoms with Gasteiger partial charge in [0.15, 0.2) is 0 Å². The minimum Gasteiger partial charge on any atom is -0.331 e. The molecule has 0 radical (unpaired) electrons. The Balaban J connectivity index is 1.83. The van der Waals surface area contributed by atoms with Crippen molar-refractivity contribution >= 4 is 0 Å². The molecule has 3 aromatic heterocycles. The summed E-state index contributed by atoms with van der Waals surface area (Å²) in [5.74, 6) is 0. The zero-order valence-electron chi connectivity index (χ0n) is 10.6. The summed E-state index contributed by atoms with van der Waals surface area (Å²) in [4.78, 5) is 12.6. The molecule has 0 amide bonds. The highest BCUT2D eigenvalue weighted by molar-refractivity contribution is 5.20. The van der Waals surface area contributed by atoms with Gasteiger partial charge >= 0.3 is 0 Å². The number of imidazole rings is 1. The van der Waals surface area contributed by atoms with Gasteiger partial charge in [-0.1, -0.05) is 0 Å². The summed E-state index contributed by atoms with van der Waals surface area (Å²) in [5.41, 5.74) is 3.20. The topological polar surface area (TPSA) is 61.4 Å². The summed E-state index contributed by atoms with van der Waals surface area (Å²) in [7, 11) is 0. The predicted octanol–water partition coefficient (Wildman–Crippen LogP) is 1.27. The van der Waals surface area contributed by atoms with Gasteiger partial charge < -0.3 is 4.57 Å². The smallest absolute Gasteiger partial charge is 0.137 e. The van der Waals surface area contributed by atoms with Crippen molar-refractivity contribution in [1.82, 2.24) is 29.3 Å². The van der Waals surface area contributed by atoms with E-state index in [0.29, 0.717) is 6.54 Å². The summed E-state index contributed by atoms with van der Waals surface area (Å²) in [6.07, 6.45) is 8.72. The standard InChI is InChI=1S/C13H14N6/c1-11-4-12(6-18-3-2-14-9-18)17-13(5-11)7-19-10-15-8-16-19/h2-5,8-10H,6-7H2,1H3. The Hall–Kier alpha value is -2.50. The lowest BCUT2D eigenvalue weighted by Gasteiger charge is -2.07. The van der Waals surface area contributed by atoms with Crippen molar-refractivity contribution in [2.45, 2.75) is 20.0 Å². The Kier molecular flexibility index (Phi) is 3.06. The fourth-order valence-corrected chi connectivity index (χ4v) is 2.03. The van der Waals surface area contributed by atoms with Gasteiger partial charge in [-0.15, -0.1) is 0 Å². The minimum absolute atomic E-state index is 0.638. The van der Waals surface area contributed by atoms with Gasteiger partial charge in [-0.2, -0.15) is 5.10 Å². The molecule has 0 spiro atoms. The number of nitrogens with zero attached hydrogens (tertiary/aromatic N) is 6. The van der Waals surface area contributed by atoms with Gasteiger partial charge in [0, 0.05) is 12.4 Å². The van der Waals surface area contributed by atoms with Gasteiger partial charge in [0.05, 0.1) is 30.8 Å². The summed E-state index contributed by atoms with van der Waals surface area (Å²) in [5, 5.41) is 4.10. The third kappa shape index (κ3) is 2.85. The van der Waals surface area contributed by atoms with E-state index >= 15 is 0 Å². The third-order valence-corrected chi connectivity index (χ3v) is 2.77. The van der Waals surface area contributed by atoms with Crippen LogP contribution in [0, 0.1) is 6.92 Å². The number of hydrogen-bond acceptors (Lipinski definition) is 4. The highest BCUT2D eigenvalue weighted by atomic mass is 15.3. The summed E-state index contributed by atoms with van der Waals surface area (Å²) >= 11 is 0. The van der Waals surface area contributed by atoms with E-state index in [1.807, 2.05) is 10.8 Å². The lowest BCUT2D eigenvalue weighted by molar-refractivity contribution is 0.662. The number of aryl methyl sites for hydroxylation is 1. The normalized spacial score (nSPS) is 10.8. The van der Waals surface area contributed by atoms with Crippen LogP contribution in [0.3, 0.4) is 0 Å². The lowest BCUT2D eigenvalue weighted by atomic mass is 10.2. The van der Waals surface area contributed by atoms with Crippen molar-refractivity contribution in [3.05, 3.63) is 60.5 Å². The highest BCUT2D eigenvalue weighted by Gasteiger charge is 2.03. The van der Waals surface area contributed by atoms with Gasteiger partial charge in [0.25, 0.3) is 0 Å². The number of hydrogen-bond donors (Lipinski definition) is 0. The van der Waals surface area contributed by atoms with Crippen LogP contribution in [-0.2, 0) is 13.1 Å². The first-order valence-corrected chi connectivity index (χ1v) is 6.04. The van der Waals surface area contributed by atoms with Crippen LogP contribution in [0.4, 0.5) is 0 Å². The van der Waals surface area contributed by atoms with E-state index in [2.05, 4.69) is 39.1 Å². The molecular formula is C13H14N6. The molecule has 0 bridgehead atoms. The average Bonchev–Trinajstić information content (AvgIpc) is 3.01.